The standard InChI is InChI=1S/C29H47NO6/c1-20(2)9-7-11-22(5)13-15-35-25-17-24(19-30)29(28(33)34,26(18-25)27(31)32)36-16-14-23(6)12-8-10-21(3)4/h17-18,20-23,26H,7-16H2,1-6H3,(H,31,32)(H,33,34). The molecule has 7 heteroatoms. The third-order valence-electron chi connectivity index (χ3n) is 6.94. The van der Waals surface area contributed by atoms with Crippen LogP contribution in [0.25, 0.3) is 0 Å². The highest BCUT2D eigenvalue weighted by molar-refractivity contribution is 5.92. The molecule has 4 unspecified atom stereocenters. The number of carbonyl (C=O) groups is 2. The number of nitriles is 1. The van der Waals surface area contributed by atoms with Crippen LogP contribution in [0, 0.1) is 40.9 Å². The summed E-state index contributed by atoms with van der Waals surface area (Å²) in [4.78, 5) is 24.5. The molecule has 1 aliphatic carbocycles. The Balaban J connectivity index is 2.87. The van der Waals surface area contributed by atoms with Gasteiger partial charge in [0.2, 0.25) is 5.60 Å². The summed E-state index contributed by atoms with van der Waals surface area (Å²) >= 11 is 0. The van der Waals surface area contributed by atoms with E-state index in [4.69, 9.17) is 9.47 Å². The Morgan fingerprint density at radius 3 is 1.89 bits per heavy atom. The monoisotopic (exact) mass is 505 g/mol. The molecule has 0 radical (unpaired) electrons. The fourth-order valence-electron chi connectivity index (χ4n) is 4.51. The lowest BCUT2D eigenvalue weighted by atomic mass is 9.77. The maximum Gasteiger partial charge on any atom is 0.342 e. The van der Waals surface area contributed by atoms with Crippen molar-refractivity contribution in [3.05, 3.63) is 23.5 Å². The van der Waals surface area contributed by atoms with Gasteiger partial charge in [-0.15, -0.1) is 0 Å². The fourth-order valence-corrected chi connectivity index (χ4v) is 4.51. The zero-order chi connectivity index (χ0) is 27.3. The number of rotatable bonds is 18. The lowest BCUT2D eigenvalue weighted by Gasteiger charge is -2.35. The van der Waals surface area contributed by atoms with E-state index >= 15 is 0 Å². The van der Waals surface area contributed by atoms with Gasteiger partial charge in [-0.25, -0.2) is 4.79 Å². The lowest BCUT2D eigenvalue weighted by Crippen LogP contribution is -2.53. The molecule has 4 atom stereocenters. The van der Waals surface area contributed by atoms with Crippen LogP contribution in [0.3, 0.4) is 0 Å². The Bertz CT molecular complexity index is 809. The highest BCUT2D eigenvalue weighted by atomic mass is 16.5. The minimum Gasteiger partial charge on any atom is -0.494 e. The van der Waals surface area contributed by atoms with Gasteiger partial charge in [0.1, 0.15) is 11.7 Å². The van der Waals surface area contributed by atoms with Gasteiger partial charge < -0.3 is 19.7 Å². The molecule has 7 nitrogen and oxygen atoms in total. The van der Waals surface area contributed by atoms with Crippen LogP contribution in [-0.4, -0.2) is 41.0 Å². The van der Waals surface area contributed by atoms with Crippen molar-refractivity contribution in [1.29, 1.82) is 5.26 Å². The zero-order valence-corrected chi connectivity index (χ0v) is 23.1. The average Bonchev–Trinajstić information content (AvgIpc) is 2.78. The van der Waals surface area contributed by atoms with Gasteiger partial charge in [-0.3, -0.25) is 4.79 Å². The number of carboxylic acid groups (broad SMARTS) is 2. The summed E-state index contributed by atoms with van der Waals surface area (Å²) in [6.07, 6.45) is 10.6. The van der Waals surface area contributed by atoms with E-state index in [9.17, 15) is 25.1 Å². The van der Waals surface area contributed by atoms with E-state index in [2.05, 4.69) is 41.5 Å². The van der Waals surface area contributed by atoms with Crippen LogP contribution in [-0.2, 0) is 19.1 Å². The predicted molar refractivity (Wildman–Crippen MR) is 140 cm³/mol. The predicted octanol–water partition coefficient (Wildman–Crippen LogP) is 6.60. The van der Waals surface area contributed by atoms with Gasteiger partial charge >= 0.3 is 11.9 Å². The molecule has 1 rings (SSSR count). The van der Waals surface area contributed by atoms with E-state index in [0.717, 1.165) is 38.5 Å². The van der Waals surface area contributed by atoms with Crippen molar-refractivity contribution >= 4 is 11.9 Å². The van der Waals surface area contributed by atoms with Crippen molar-refractivity contribution in [3.63, 3.8) is 0 Å². The highest BCUT2D eigenvalue weighted by Crippen LogP contribution is 2.38. The summed E-state index contributed by atoms with van der Waals surface area (Å²) in [5, 5.41) is 29.8. The molecule has 0 bridgehead atoms. The van der Waals surface area contributed by atoms with E-state index in [0.29, 0.717) is 36.7 Å². The van der Waals surface area contributed by atoms with Crippen molar-refractivity contribution in [2.45, 2.75) is 98.5 Å². The molecule has 0 aromatic heterocycles. The molecule has 0 spiro atoms. The molecule has 0 saturated heterocycles. The maximum atomic E-state index is 12.4. The fraction of sp³-hybridized carbons (Fsp3) is 0.759. The zero-order valence-electron chi connectivity index (χ0n) is 23.1. The van der Waals surface area contributed by atoms with Crippen molar-refractivity contribution in [3.8, 4) is 6.07 Å². The maximum absolute atomic E-state index is 12.4. The highest BCUT2D eigenvalue weighted by Gasteiger charge is 2.55. The number of hydrogen-bond acceptors (Lipinski definition) is 5. The summed E-state index contributed by atoms with van der Waals surface area (Å²) in [6.45, 7) is 13.4. The summed E-state index contributed by atoms with van der Waals surface area (Å²) in [6, 6.07) is 1.88. The summed E-state index contributed by atoms with van der Waals surface area (Å²) in [5.41, 5.74) is -2.52. The molecule has 0 fully saturated rings. The second kappa shape index (κ2) is 15.7. The molecule has 0 amide bonds. The second-order valence-electron chi connectivity index (χ2n) is 11.2. The largest absolute Gasteiger partial charge is 0.494 e. The average molecular weight is 506 g/mol. The second-order valence-corrected chi connectivity index (χ2v) is 11.2. The number of allylic oxidation sites excluding steroid dienone is 1. The Morgan fingerprint density at radius 1 is 0.917 bits per heavy atom. The van der Waals surface area contributed by atoms with Crippen molar-refractivity contribution in [1.82, 2.24) is 0 Å². The summed E-state index contributed by atoms with van der Waals surface area (Å²) in [7, 11) is 0. The van der Waals surface area contributed by atoms with Crippen LogP contribution in [0.15, 0.2) is 23.5 Å². The van der Waals surface area contributed by atoms with Crippen molar-refractivity contribution in [2.75, 3.05) is 13.2 Å². The Morgan fingerprint density at radius 2 is 1.44 bits per heavy atom. The first-order chi connectivity index (χ1) is 16.9. The van der Waals surface area contributed by atoms with E-state index in [1.54, 1.807) is 0 Å². The first-order valence-electron chi connectivity index (χ1n) is 13.5. The van der Waals surface area contributed by atoms with Crippen molar-refractivity contribution < 1.29 is 29.3 Å². The van der Waals surface area contributed by atoms with Crippen LogP contribution >= 0.6 is 0 Å². The van der Waals surface area contributed by atoms with Crippen molar-refractivity contribution in [2.24, 2.45) is 29.6 Å². The number of hydrogen-bond donors (Lipinski definition) is 2. The molecular weight excluding hydrogens is 458 g/mol. The van der Waals surface area contributed by atoms with E-state index in [1.165, 1.54) is 18.6 Å². The first kappa shape index (κ1) is 31.7. The van der Waals surface area contributed by atoms with Crippen LogP contribution < -0.4 is 0 Å². The third kappa shape index (κ3) is 9.97. The van der Waals surface area contributed by atoms with E-state index in [-0.39, 0.29) is 17.9 Å². The van der Waals surface area contributed by atoms with Crippen LogP contribution in [0.1, 0.15) is 92.9 Å². The van der Waals surface area contributed by atoms with Gasteiger partial charge in [-0.05, 0) is 48.7 Å². The quantitative estimate of drug-likeness (QED) is 0.216. The van der Waals surface area contributed by atoms with Gasteiger partial charge in [0.15, 0.2) is 0 Å². The molecular formula is C29H47NO6. The molecule has 0 aromatic rings. The number of ether oxygens (including phenoxy) is 2. The molecule has 36 heavy (non-hydrogen) atoms. The third-order valence-corrected chi connectivity index (χ3v) is 6.94. The van der Waals surface area contributed by atoms with Gasteiger partial charge in [0, 0.05) is 6.61 Å². The first-order valence-corrected chi connectivity index (χ1v) is 13.5. The van der Waals surface area contributed by atoms with Gasteiger partial charge in [-0.1, -0.05) is 80.1 Å². The Hall–Kier alpha value is -2.33. The molecule has 0 aliphatic heterocycles. The number of nitrogens with zero attached hydrogens (tertiary/aromatic N) is 1. The molecule has 0 aromatic carbocycles. The minimum atomic E-state index is -2.27. The van der Waals surface area contributed by atoms with Gasteiger partial charge in [0.25, 0.3) is 0 Å². The molecule has 0 heterocycles. The lowest BCUT2D eigenvalue weighted by molar-refractivity contribution is -0.174. The Labute approximate surface area is 217 Å². The number of aliphatic carboxylic acids is 2. The SMILES string of the molecule is CC(C)CCCC(C)CCOC1=CC(C(=O)O)C(OCCC(C)CCCC(C)C)(C(=O)O)C(C#N)=C1. The minimum absolute atomic E-state index is 0.0515. The molecule has 1 aliphatic rings. The van der Waals surface area contributed by atoms with Crippen LogP contribution in [0.4, 0.5) is 0 Å². The van der Waals surface area contributed by atoms with E-state index < -0.39 is 23.5 Å². The molecule has 0 saturated carbocycles. The molecule has 204 valence electrons. The van der Waals surface area contributed by atoms with Gasteiger partial charge in [-0.2, -0.15) is 5.26 Å². The summed E-state index contributed by atoms with van der Waals surface area (Å²) < 4.78 is 11.6. The summed E-state index contributed by atoms with van der Waals surface area (Å²) in [5.74, 6) is -2.16. The van der Waals surface area contributed by atoms with Crippen LogP contribution in [0.2, 0.25) is 0 Å². The Kier molecular flexibility index (Phi) is 13.8. The normalized spacial score (nSPS) is 21.5. The topological polar surface area (TPSA) is 117 Å². The smallest absolute Gasteiger partial charge is 0.342 e. The number of carboxylic acids is 2. The molecule has 2 N–H and O–H groups in total. The van der Waals surface area contributed by atoms with Gasteiger partial charge in [0.05, 0.1) is 18.2 Å². The van der Waals surface area contributed by atoms with E-state index in [1.807, 2.05) is 6.07 Å². The van der Waals surface area contributed by atoms with Crippen LogP contribution in [0.5, 0.6) is 0 Å².